The molecule has 0 aliphatic heterocycles. The van der Waals surface area contributed by atoms with E-state index in [0.717, 1.165) is 0 Å². The van der Waals surface area contributed by atoms with Crippen molar-refractivity contribution in [3.05, 3.63) is 58.8 Å². The Balaban J connectivity index is 1.93. The first-order valence-electron chi connectivity index (χ1n) is 6.12. The largest absolute Gasteiger partial charge is 0.322 e. The van der Waals surface area contributed by atoms with Gasteiger partial charge in [0, 0.05) is 18.0 Å². The van der Waals surface area contributed by atoms with E-state index in [9.17, 15) is 9.18 Å². The molecule has 1 N–H and O–H groups in total. The van der Waals surface area contributed by atoms with Gasteiger partial charge in [0.2, 0.25) is 0 Å². The number of nitrogens with zero attached hydrogens (tertiary/aromatic N) is 3. The average Bonchev–Trinajstić information content (AvgIpc) is 2.92. The first-order valence-corrected chi connectivity index (χ1v) is 6.50. The summed E-state index contributed by atoms with van der Waals surface area (Å²) in [6, 6.07) is 5.73. The van der Waals surface area contributed by atoms with Crippen LogP contribution in [0.25, 0.3) is 5.65 Å². The molecular weight excluding hydrogens is 295 g/mol. The molecule has 1 amide bonds. The molecule has 3 aromatic rings. The van der Waals surface area contributed by atoms with Crippen LogP contribution in [0, 0.1) is 12.7 Å². The van der Waals surface area contributed by atoms with Crippen LogP contribution in [0.2, 0.25) is 5.02 Å². The minimum atomic E-state index is -0.537. The van der Waals surface area contributed by atoms with Gasteiger partial charge in [-0.25, -0.2) is 13.9 Å². The highest BCUT2D eigenvalue weighted by Crippen LogP contribution is 2.20. The van der Waals surface area contributed by atoms with Gasteiger partial charge in [-0.15, -0.1) is 0 Å². The Hall–Kier alpha value is -2.47. The van der Waals surface area contributed by atoms with Crippen molar-refractivity contribution < 1.29 is 9.18 Å². The summed E-state index contributed by atoms with van der Waals surface area (Å²) in [6.07, 6.45) is 3.09. The third kappa shape index (κ3) is 2.45. The molecule has 0 radical (unpaired) electrons. The van der Waals surface area contributed by atoms with E-state index in [1.807, 2.05) is 0 Å². The summed E-state index contributed by atoms with van der Waals surface area (Å²) in [6.45, 7) is 1.77. The Kier molecular flexibility index (Phi) is 3.31. The number of aryl methyl sites for hydroxylation is 1. The molecule has 0 saturated heterocycles. The number of anilines is 1. The lowest BCUT2D eigenvalue weighted by molar-refractivity contribution is 0.102. The number of nitrogens with one attached hydrogen (secondary N) is 1. The van der Waals surface area contributed by atoms with E-state index in [-0.39, 0.29) is 10.9 Å². The second kappa shape index (κ2) is 5.14. The number of amides is 1. The molecule has 0 aliphatic carbocycles. The van der Waals surface area contributed by atoms with Crippen molar-refractivity contribution in [2.24, 2.45) is 0 Å². The monoisotopic (exact) mass is 304 g/mol. The van der Waals surface area contributed by atoms with Crippen molar-refractivity contribution in [2.75, 3.05) is 5.32 Å². The maximum atomic E-state index is 13.1. The van der Waals surface area contributed by atoms with Crippen LogP contribution in [-0.2, 0) is 0 Å². The predicted octanol–water partition coefficient (Wildman–Crippen LogP) is 3.08. The van der Waals surface area contributed by atoms with Gasteiger partial charge < -0.3 is 5.32 Å². The molecular formula is C14H10ClFN4O. The highest BCUT2D eigenvalue weighted by atomic mass is 35.5. The fraction of sp³-hybridized carbons (Fsp3) is 0.0714. The van der Waals surface area contributed by atoms with Gasteiger partial charge in [-0.3, -0.25) is 4.79 Å². The van der Waals surface area contributed by atoms with Crippen LogP contribution in [0.1, 0.15) is 16.1 Å². The minimum absolute atomic E-state index is 0.0508. The van der Waals surface area contributed by atoms with Crippen LogP contribution in [0.15, 0.2) is 36.7 Å². The molecule has 0 spiro atoms. The van der Waals surface area contributed by atoms with Crippen LogP contribution >= 0.6 is 11.6 Å². The zero-order valence-corrected chi connectivity index (χ0v) is 11.7. The molecule has 106 valence electrons. The van der Waals surface area contributed by atoms with Gasteiger partial charge in [-0.2, -0.15) is 5.10 Å². The average molecular weight is 305 g/mol. The lowest BCUT2D eigenvalue weighted by atomic mass is 10.2. The predicted molar refractivity (Wildman–Crippen MR) is 77.1 cm³/mol. The van der Waals surface area contributed by atoms with E-state index in [1.165, 1.54) is 24.4 Å². The van der Waals surface area contributed by atoms with E-state index in [0.29, 0.717) is 22.6 Å². The molecule has 0 aliphatic rings. The van der Waals surface area contributed by atoms with Crippen molar-refractivity contribution in [3.63, 3.8) is 0 Å². The highest BCUT2D eigenvalue weighted by Gasteiger charge is 2.14. The number of fused-ring (bicyclic) bond motifs is 1. The number of aromatic nitrogens is 3. The highest BCUT2D eigenvalue weighted by molar-refractivity contribution is 6.31. The smallest absolute Gasteiger partial charge is 0.259 e. The van der Waals surface area contributed by atoms with E-state index >= 15 is 0 Å². The fourth-order valence-corrected chi connectivity index (χ4v) is 2.17. The fourth-order valence-electron chi connectivity index (χ4n) is 1.99. The molecule has 7 heteroatoms. The molecule has 0 fully saturated rings. The van der Waals surface area contributed by atoms with Crippen molar-refractivity contribution in [1.82, 2.24) is 14.6 Å². The first-order chi connectivity index (χ1) is 10.1. The number of hydrogen-bond acceptors (Lipinski definition) is 3. The van der Waals surface area contributed by atoms with Crippen molar-refractivity contribution in [1.29, 1.82) is 0 Å². The van der Waals surface area contributed by atoms with E-state index in [1.54, 1.807) is 23.7 Å². The summed E-state index contributed by atoms with van der Waals surface area (Å²) >= 11 is 5.69. The lowest BCUT2D eigenvalue weighted by Crippen LogP contribution is -2.16. The standard InChI is InChI=1S/C14H10ClFN4O/c1-8-10(7-17-13-4-5-18-20(8)13)14(21)19-9-2-3-12(16)11(15)6-9/h2-7H,1H3,(H,19,21). The van der Waals surface area contributed by atoms with Crippen LogP contribution in [-0.4, -0.2) is 20.5 Å². The Morgan fingerprint density at radius 2 is 2.19 bits per heavy atom. The van der Waals surface area contributed by atoms with Crippen LogP contribution in [0.4, 0.5) is 10.1 Å². The van der Waals surface area contributed by atoms with Gasteiger partial charge in [0.1, 0.15) is 5.82 Å². The Labute approximate surface area is 124 Å². The Morgan fingerprint density at radius 1 is 1.38 bits per heavy atom. The van der Waals surface area contributed by atoms with Crippen LogP contribution < -0.4 is 5.32 Å². The Morgan fingerprint density at radius 3 is 2.95 bits per heavy atom. The maximum absolute atomic E-state index is 13.1. The number of carbonyl (C=O) groups excluding carboxylic acids is 1. The maximum Gasteiger partial charge on any atom is 0.259 e. The van der Waals surface area contributed by atoms with E-state index in [4.69, 9.17) is 11.6 Å². The topological polar surface area (TPSA) is 59.3 Å². The second-order valence-electron chi connectivity index (χ2n) is 4.44. The zero-order valence-electron chi connectivity index (χ0n) is 11.0. The summed E-state index contributed by atoms with van der Waals surface area (Å²) in [5.41, 5.74) is 2.11. The SMILES string of the molecule is Cc1c(C(=O)Nc2ccc(F)c(Cl)c2)cnc2ccnn12. The first kappa shape index (κ1) is 13.5. The molecule has 2 aromatic heterocycles. The molecule has 0 bridgehead atoms. The van der Waals surface area contributed by atoms with Gasteiger partial charge in [-0.05, 0) is 25.1 Å². The van der Waals surface area contributed by atoms with Gasteiger partial charge >= 0.3 is 0 Å². The normalized spacial score (nSPS) is 10.8. The number of hydrogen-bond donors (Lipinski definition) is 1. The number of halogens is 2. The second-order valence-corrected chi connectivity index (χ2v) is 4.85. The molecule has 21 heavy (non-hydrogen) atoms. The Bertz CT molecular complexity index is 846. The molecule has 0 unspecified atom stereocenters. The third-order valence-electron chi connectivity index (χ3n) is 3.08. The quantitative estimate of drug-likeness (QED) is 0.791. The summed E-state index contributed by atoms with van der Waals surface area (Å²) < 4.78 is 14.7. The van der Waals surface area contributed by atoms with Crippen molar-refractivity contribution in [3.8, 4) is 0 Å². The van der Waals surface area contributed by atoms with Gasteiger partial charge in [-0.1, -0.05) is 11.6 Å². The summed E-state index contributed by atoms with van der Waals surface area (Å²) in [7, 11) is 0. The molecule has 5 nitrogen and oxygen atoms in total. The van der Waals surface area contributed by atoms with Gasteiger partial charge in [0.15, 0.2) is 5.65 Å². The van der Waals surface area contributed by atoms with Crippen molar-refractivity contribution in [2.45, 2.75) is 6.92 Å². The number of carbonyl (C=O) groups is 1. The molecule has 1 aromatic carbocycles. The summed E-state index contributed by atoms with van der Waals surface area (Å²) in [5.74, 6) is -0.898. The number of rotatable bonds is 2. The van der Waals surface area contributed by atoms with Gasteiger partial charge in [0.05, 0.1) is 22.5 Å². The summed E-state index contributed by atoms with van der Waals surface area (Å²) in [5, 5.41) is 6.70. The molecule has 2 heterocycles. The van der Waals surface area contributed by atoms with Crippen LogP contribution in [0.3, 0.4) is 0 Å². The molecule has 3 rings (SSSR count). The lowest BCUT2D eigenvalue weighted by Gasteiger charge is -2.09. The molecule has 0 atom stereocenters. The van der Waals surface area contributed by atoms with E-state index in [2.05, 4.69) is 15.4 Å². The summed E-state index contributed by atoms with van der Waals surface area (Å²) in [4.78, 5) is 16.4. The van der Waals surface area contributed by atoms with Crippen LogP contribution in [0.5, 0.6) is 0 Å². The minimum Gasteiger partial charge on any atom is -0.322 e. The third-order valence-corrected chi connectivity index (χ3v) is 3.37. The van der Waals surface area contributed by atoms with E-state index < -0.39 is 5.82 Å². The molecule has 0 saturated carbocycles. The number of benzene rings is 1. The van der Waals surface area contributed by atoms with Gasteiger partial charge in [0.25, 0.3) is 5.91 Å². The van der Waals surface area contributed by atoms with Crippen molar-refractivity contribution >= 4 is 28.8 Å². The zero-order chi connectivity index (χ0) is 15.0.